The molecule has 1 nitrogen and oxygen atoms in total. The number of hydrogen-bond donors (Lipinski definition) is 1. The van der Waals surface area contributed by atoms with Gasteiger partial charge >= 0.3 is 0 Å². The Morgan fingerprint density at radius 2 is 1.92 bits per heavy atom. The standard InChI is InChI=1S/C10H14FN/c11-10(8-12)7-6-9-4-2-1-3-5-9/h1-5,10H,6-8,12H2. The number of rotatable bonds is 4. The number of aryl methyl sites for hydroxylation is 1. The molecule has 1 aromatic rings. The Labute approximate surface area is 72.4 Å². The molecule has 0 spiro atoms. The van der Waals surface area contributed by atoms with E-state index in [1.165, 1.54) is 5.56 Å². The lowest BCUT2D eigenvalue weighted by molar-refractivity contribution is 0.323. The molecule has 0 aliphatic carbocycles. The minimum atomic E-state index is -0.856. The number of nitrogens with two attached hydrogens (primary N) is 1. The Morgan fingerprint density at radius 1 is 1.25 bits per heavy atom. The van der Waals surface area contributed by atoms with Crippen LogP contribution in [-0.4, -0.2) is 12.7 Å². The number of alkyl halides is 1. The van der Waals surface area contributed by atoms with Crippen LogP contribution in [0, 0.1) is 0 Å². The molecule has 2 heteroatoms. The second kappa shape index (κ2) is 4.88. The molecular weight excluding hydrogens is 153 g/mol. The summed E-state index contributed by atoms with van der Waals surface area (Å²) in [6.07, 6.45) is 0.449. The number of benzene rings is 1. The van der Waals surface area contributed by atoms with Gasteiger partial charge in [0.2, 0.25) is 0 Å². The molecule has 1 rings (SSSR count). The van der Waals surface area contributed by atoms with Gasteiger partial charge in [-0.15, -0.1) is 0 Å². The van der Waals surface area contributed by atoms with E-state index in [1.54, 1.807) is 0 Å². The summed E-state index contributed by atoms with van der Waals surface area (Å²) in [4.78, 5) is 0. The van der Waals surface area contributed by atoms with Crippen molar-refractivity contribution in [3.8, 4) is 0 Å². The summed E-state index contributed by atoms with van der Waals surface area (Å²) in [5.41, 5.74) is 6.34. The summed E-state index contributed by atoms with van der Waals surface area (Å²) < 4.78 is 12.7. The van der Waals surface area contributed by atoms with Crippen LogP contribution in [0.4, 0.5) is 4.39 Å². The van der Waals surface area contributed by atoms with Gasteiger partial charge in [0, 0.05) is 6.54 Å². The van der Waals surface area contributed by atoms with Gasteiger partial charge < -0.3 is 5.73 Å². The second-order valence-electron chi connectivity index (χ2n) is 2.86. The maximum atomic E-state index is 12.7. The van der Waals surface area contributed by atoms with Crippen molar-refractivity contribution >= 4 is 0 Å². The lowest BCUT2D eigenvalue weighted by Crippen LogP contribution is -2.15. The average molecular weight is 167 g/mol. The van der Waals surface area contributed by atoms with E-state index in [-0.39, 0.29) is 6.54 Å². The molecule has 0 saturated heterocycles. The van der Waals surface area contributed by atoms with Crippen molar-refractivity contribution < 1.29 is 4.39 Å². The number of halogens is 1. The molecule has 0 radical (unpaired) electrons. The van der Waals surface area contributed by atoms with Gasteiger partial charge in [-0.2, -0.15) is 0 Å². The second-order valence-corrected chi connectivity index (χ2v) is 2.86. The Hall–Kier alpha value is -0.890. The first kappa shape index (κ1) is 9.20. The smallest absolute Gasteiger partial charge is 0.113 e. The molecule has 1 unspecified atom stereocenters. The van der Waals surface area contributed by atoms with Gasteiger partial charge in [0.15, 0.2) is 0 Å². The van der Waals surface area contributed by atoms with E-state index in [0.29, 0.717) is 6.42 Å². The molecule has 0 amide bonds. The van der Waals surface area contributed by atoms with Crippen LogP contribution in [-0.2, 0) is 6.42 Å². The first-order valence-corrected chi connectivity index (χ1v) is 4.21. The summed E-state index contributed by atoms with van der Waals surface area (Å²) in [6.45, 7) is 0.132. The molecule has 0 aromatic heterocycles. The number of hydrogen-bond acceptors (Lipinski definition) is 1. The monoisotopic (exact) mass is 167 g/mol. The van der Waals surface area contributed by atoms with Gasteiger partial charge in [-0.1, -0.05) is 30.3 Å². The van der Waals surface area contributed by atoms with Crippen LogP contribution in [0.15, 0.2) is 30.3 Å². The van der Waals surface area contributed by atoms with Crippen LogP contribution in [0.3, 0.4) is 0 Å². The van der Waals surface area contributed by atoms with Crippen molar-refractivity contribution in [2.75, 3.05) is 6.54 Å². The molecule has 0 aliphatic heterocycles. The topological polar surface area (TPSA) is 26.0 Å². The van der Waals surface area contributed by atoms with E-state index in [0.717, 1.165) is 6.42 Å². The van der Waals surface area contributed by atoms with Gasteiger partial charge in [-0.25, -0.2) is 4.39 Å². The average Bonchev–Trinajstić information content (AvgIpc) is 2.16. The maximum Gasteiger partial charge on any atom is 0.113 e. The van der Waals surface area contributed by atoms with Crippen LogP contribution in [0.25, 0.3) is 0 Å². The van der Waals surface area contributed by atoms with Crippen molar-refractivity contribution in [2.45, 2.75) is 19.0 Å². The zero-order chi connectivity index (χ0) is 8.81. The molecule has 66 valence electrons. The van der Waals surface area contributed by atoms with E-state index in [9.17, 15) is 4.39 Å². The Kier molecular flexibility index (Phi) is 3.74. The van der Waals surface area contributed by atoms with Crippen molar-refractivity contribution in [1.82, 2.24) is 0 Å². The fourth-order valence-electron chi connectivity index (χ4n) is 1.09. The van der Waals surface area contributed by atoms with Crippen LogP contribution < -0.4 is 5.73 Å². The summed E-state index contributed by atoms with van der Waals surface area (Å²) in [5, 5.41) is 0. The normalized spacial score (nSPS) is 12.8. The highest BCUT2D eigenvalue weighted by molar-refractivity contribution is 5.14. The highest BCUT2D eigenvalue weighted by atomic mass is 19.1. The predicted molar refractivity (Wildman–Crippen MR) is 48.7 cm³/mol. The van der Waals surface area contributed by atoms with Crippen LogP contribution >= 0.6 is 0 Å². The van der Waals surface area contributed by atoms with E-state index < -0.39 is 6.17 Å². The van der Waals surface area contributed by atoms with Gasteiger partial charge in [0.05, 0.1) is 0 Å². The van der Waals surface area contributed by atoms with Crippen LogP contribution in [0.1, 0.15) is 12.0 Å². The fourth-order valence-corrected chi connectivity index (χ4v) is 1.09. The third kappa shape index (κ3) is 3.01. The van der Waals surface area contributed by atoms with E-state index in [1.807, 2.05) is 30.3 Å². The van der Waals surface area contributed by atoms with Gasteiger partial charge in [-0.05, 0) is 18.4 Å². The lowest BCUT2D eigenvalue weighted by atomic mass is 10.1. The molecule has 1 aromatic carbocycles. The zero-order valence-corrected chi connectivity index (χ0v) is 7.04. The summed E-state index contributed by atoms with van der Waals surface area (Å²) in [7, 11) is 0. The molecule has 0 aliphatic rings. The SMILES string of the molecule is NCC(F)CCc1ccccc1. The summed E-state index contributed by atoms with van der Waals surface area (Å²) in [5.74, 6) is 0. The van der Waals surface area contributed by atoms with Gasteiger partial charge in [0.1, 0.15) is 6.17 Å². The quantitative estimate of drug-likeness (QED) is 0.728. The summed E-state index contributed by atoms with van der Waals surface area (Å²) in [6, 6.07) is 9.89. The highest BCUT2D eigenvalue weighted by Crippen LogP contribution is 2.05. The maximum absolute atomic E-state index is 12.7. The van der Waals surface area contributed by atoms with E-state index >= 15 is 0 Å². The van der Waals surface area contributed by atoms with Gasteiger partial charge in [0.25, 0.3) is 0 Å². The molecule has 2 N–H and O–H groups in total. The van der Waals surface area contributed by atoms with Crippen molar-refractivity contribution in [3.63, 3.8) is 0 Å². The largest absolute Gasteiger partial charge is 0.328 e. The van der Waals surface area contributed by atoms with Crippen LogP contribution in [0.5, 0.6) is 0 Å². The van der Waals surface area contributed by atoms with Crippen molar-refractivity contribution in [1.29, 1.82) is 0 Å². The third-order valence-electron chi connectivity index (χ3n) is 1.84. The Bertz CT molecular complexity index is 210. The molecule has 0 bridgehead atoms. The van der Waals surface area contributed by atoms with E-state index in [2.05, 4.69) is 0 Å². The minimum Gasteiger partial charge on any atom is -0.328 e. The Morgan fingerprint density at radius 3 is 2.50 bits per heavy atom. The molecule has 0 saturated carbocycles. The first-order valence-electron chi connectivity index (χ1n) is 4.21. The molecule has 0 heterocycles. The first-order chi connectivity index (χ1) is 5.83. The van der Waals surface area contributed by atoms with Crippen molar-refractivity contribution in [2.24, 2.45) is 5.73 Å². The molecule has 0 fully saturated rings. The zero-order valence-electron chi connectivity index (χ0n) is 7.04. The van der Waals surface area contributed by atoms with E-state index in [4.69, 9.17) is 5.73 Å². The molecule has 1 atom stereocenters. The lowest BCUT2D eigenvalue weighted by Gasteiger charge is -2.04. The van der Waals surface area contributed by atoms with Crippen molar-refractivity contribution in [3.05, 3.63) is 35.9 Å². The third-order valence-corrected chi connectivity index (χ3v) is 1.84. The van der Waals surface area contributed by atoms with Gasteiger partial charge in [-0.3, -0.25) is 0 Å². The Balaban J connectivity index is 2.33. The predicted octanol–water partition coefficient (Wildman–Crippen LogP) is 1.92. The van der Waals surface area contributed by atoms with Crippen LogP contribution in [0.2, 0.25) is 0 Å². The highest BCUT2D eigenvalue weighted by Gasteiger charge is 2.02. The molecular formula is C10H14FN. The molecule has 12 heavy (non-hydrogen) atoms. The fraction of sp³-hybridized carbons (Fsp3) is 0.400. The minimum absolute atomic E-state index is 0.132. The summed E-state index contributed by atoms with van der Waals surface area (Å²) >= 11 is 0.